The predicted molar refractivity (Wildman–Crippen MR) is 112 cm³/mol. The fourth-order valence-corrected chi connectivity index (χ4v) is 4.45. The van der Waals surface area contributed by atoms with Crippen LogP contribution in [0.2, 0.25) is 0 Å². The first-order chi connectivity index (χ1) is 14.1. The molecule has 0 amide bonds. The number of benzene rings is 1. The van der Waals surface area contributed by atoms with E-state index in [1.54, 1.807) is 16.8 Å². The van der Waals surface area contributed by atoms with Crippen LogP contribution in [0.25, 0.3) is 5.69 Å². The van der Waals surface area contributed by atoms with Crippen molar-refractivity contribution in [1.29, 1.82) is 0 Å². The van der Waals surface area contributed by atoms with Gasteiger partial charge in [-0.2, -0.15) is 5.10 Å². The third kappa shape index (κ3) is 4.14. The van der Waals surface area contributed by atoms with E-state index in [-0.39, 0.29) is 11.8 Å². The molecule has 3 heterocycles. The van der Waals surface area contributed by atoms with Gasteiger partial charge in [-0.25, -0.2) is 9.07 Å². The lowest BCUT2D eigenvalue weighted by atomic mass is 10.0. The largest absolute Gasteiger partial charge is 0.494 e. The maximum absolute atomic E-state index is 13.8. The Kier molecular flexibility index (Phi) is 5.84. The van der Waals surface area contributed by atoms with Crippen molar-refractivity contribution in [3.8, 4) is 11.4 Å². The molecule has 3 aromatic rings. The lowest BCUT2D eigenvalue weighted by molar-refractivity contribution is 0.142. The van der Waals surface area contributed by atoms with Crippen molar-refractivity contribution in [2.45, 2.75) is 25.1 Å². The summed E-state index contributed by atoms with van der Waals surface area (Å²) in [4.78, 5) is 5.20. The van der Waals surface area contributed by atoms with Gasteiger partial charge >= 0.3 is 0 Å². The van der Waals surface area contributed by atoms with Crippen LogP contribution >= 0.6 is 11.3 Å². The molecule has 0 radical (unpaired) electrons. The van der Waals surface area contributed by atoms with Gasteiger partial charge in [0.2, 0.25) is 0 Å². The van der Waals surface area contributed by atoms with E-state index in [1.165, 1.54) is 24.5 Å². The molecule has 1 unspecified atom stereocenters. The molecular formula is C21H25FN4O2S. The number of aliphatic hydroxyl groups is 1. The van der Waals surface area contributed by atoms with Crippen LogP contribution in [0.3, 0.4) is 0 Å². The summed E-state index contributed by atoms with van der Waals surface area (Å²) in [7, 11) is 3.56. The molecule has 4 rings (SSSR count). The monoisotopic (exact) mass is 416 g/mol. The van der Waals surface area contributed by atoms with Gasteiger partial charge < -0.3 is 19.6 Å². The maximum Gasteiger partial charge on any atom is 0.165 e. The van der Waals surface area contributed by atoms with Gasteiger partial charge in [-0.3, -0.25) is 0 Å². The summed E-state index contributed by atoms with van der Waals surface area (Å²) in [6, 6.07) is 10.6. The summed E-state index contributed by atoms with van der Waals surface area (Å²) in [6.45, 7) is 1.96. The van der Waals surface area contributed by atoms with Gasteiger partial charge in [-0.05, 0) is 56.6 Å². The minimum Gasteiger partial charge on any atom is -0.494 e. The Morgan fingerprint density at radius 3 is 2.76 bits per heavy atom. The zero-order chi connectivity index (χ0) is 20.4. The van der Waals surface area contributed by atoms with E-state index in [0.29, 0.717) is 11.5 Å². The van der Waals surface area contributed by atoms with E-state index < -0.39 is 12.0 Å². The highest BCUT2D eigenvalue weighted by Gasteiger charge is 2.31. The highest BCUT2D eigenvalue weighted by Crippen LogP contribution is 2.33. The van der Waals surface area contributed by atoms with E-state index in [1.807, 2.05) is 34.7 Å². The van der Waals surface area contributed by atoms with E-state index in [0.717, 1.165) is 30.8 Å². The van der Waals surface area contributed by atoms with Crippen molar-refractivity contribution < 1.29 is 14.2 Å². The number of methoxy groups -OCH3 is 1. The number of hydrogen-bond donors (Lipinski definition) is 1. The molecule has 2 aromatic heterocycles. The standard InChI is InChI=1S/C21H25FN4O2S/c1-24-10-7-15(8-11-24)26(21(27)19-4-3-13-29-19)20-9-12-25(23-20)16-5-6-17(22)18(14-16)28-2/h3-6,9,12-15,21,27H,7-8,10-11H2,1-2H3. The summed E-state index contributed by atoms with van der Waals surface area (Å²) in [5.41, 5.74) is 0.698. The van der Waals surface area contributed by atoms with E-state index in [2.05, 4.69) is 11.9 Å². The normalized spacial score (nSPS) is 16.7. The van der Waals surface area contributed by atoms with Crippen LogP contribution in [0, 0.1) is 5.82 Å². The Labute approximate surface area is 173 Å². The maximum atomic E-state index is 13.8. The fourth-order valence-electron chi connectivity index (χ4n) is 3.75. The van der Waals surface area contributed by atoms with E-state index in [9.17, 15) is 9.50 Å². The number of anilines is 1. The Balaban J connectivity index is 1.66. The molecule has 6 nitrogen and oxygen atoms in total. The first kappa shape index (κ1) is 19.9. The smallest absolute Gasteiger partial charge is 0.165 e. The summed E-state index contributed by atoms with van der Waals surface area (Å²) in [6.07, 6.45) is 2.98. The lowest BCUT2D eigenvalue weighted by Crippen LogP contribution is -2.45. The second-order valence-electron chi connectivity index (χ2n) is 7.27. The van der Waals surface area contributed by atoms with E-state index in [4.69, 9.17) is 9.84 Å². The summed E-state index contributed by atoms with van der Waals surface area (Å²) in [5, 5.41) is 17.8. The van der Waals surface area contributed by atoms with Crippen LogP contribution in [-0.2, 0) is 0 Å². The quantitative estimate of drug-likeness (QED) is 0.622. The van der Waals surface area contributed by atoms with Gasteiger partial charge in [0.15, 0.2) is 23.6 Å². The third-order valence-electron chi connectivity index (χ3n) is 5.38. The molecule has 29 heavy (non-hydrogen) atoms. The molecule has 1 N–H and O–H groups in total. The Hall–Kier alpha value is -2.42. The molecule has 0 aliphatic carbocycles. The van der Waals surface area contributed by atoms with Gasteiger partial charge in [0.05, 0.1) is 17.7 Å². The number of rotatable bonds is 6. The van der Waals surface area contributed by atoms with Gasteiger partial charge in [0.1, 0.15) is 0 Å². The number of nitrogens with zero attached hydrogens (tertiary/aromatic N) is 4. The topological polar surface area (TPSA) is 53.8 Å². The number of likely N-dealkylation sites (tertiary alicyclic amines) is 1. The number of thiophene rings is 1. The number of ether oxygens (including phenoxy) is 1. The fraction of sp³-hybridized carbons (Fsp3) is 0.381. The molecule has 1 aliphatic heterocycles. The molecule has 0 bridgehead atoms. The van der Waals surface area contributed by atoms with Crippen LogP contribution in [0.1, 0.15) is 23.9 Å². The molecule has 0 saturated carbocycles. The molecule has 1 atom stereocenters. The van der Waals surface area contributed by atoms with Gasteiger partial charge in [0.25, 0.3) is 0 Å². The number of piperidine rings is 1. The molecule has 1 aliphatic rings. The van der Waals surface area contributed by atoms with Crippen LogP contribution in [0.4, 0.5) is 10.2 Å². The molecular weight excluding hydrogens is 391 g/mol. The van der Waals surface area contributed by atoms with Gasteiger partial charge in [-0.15, -0.1) is 11.3 Å². The number of aliphatic hydroxyl groups excluding tert-OH is 1. The molecule has 1 fully saturated rings. The minimum absolute atomic E-state index is 0.172. The summed E-state index contributed by atoms with van der Waals surface area (Å²) >= 11 is 1.53. The minimum atomic E-state index is -0.755. The Morgan fingerprint density at radius 2 is 2.07 bits per heavy atom. The molecule has 8 heteroatoms. The second-order valence-corrected chi connectivity index (χ2v) is 8.25. The van der Waals surface area contributed by atoms with Crippen LogP contribution < -0.4 is 9.64 Å². The van der Waals surface area contributed by atoms with Crippen molar-refractivity contribution in [3.63, 3.8) is 0 Å². The van der Waals surface area contributed by atoms with Crippen LogP contribution in [0.15, 0.2) is 48.0 Å². The van der Waals surface area contributed by atoms with Crippen molar-refractivity contribution >= 4 is 17.2 Å². The highest BCUT2D eigenvalue weighted by atomic mass is 32.1. The van der Waals surface area contributed by atoms with Crippen LogP contribution in [-0.4, -0.2) is 53.1 Å². The molecule has 1 saturated heterocycles. The number of hydrogen-bond acceptors (Lipinski definition) is 6. The lowest BCUT2D eigenvalue weighted by Gasteiger charge is -2.39. The Bertz CT molecular complexity index is 938. The molecule has 1 aromatic carbocycles. The predicted octanol–water partition coefficient (Wildman–Crippen LogP) is 3.67. The van der Waals surface area contributed by atoms with Gasteiger partial charge in [0, 0.05) is 24.4 Å². The molecule has 154 valence electrons. The third-order valence-corrected chi connectivity index (χ3v) is 6.29. The zero-order valence-corrected chi connectivity index (χ0v) is 17.3. The van der Waals surface area contributed by atoms with Crippen LogP contribution in [0.5, 0.6) is 5.75 Å². The zero-order valence-electron chi connectivity index (χ0n) is 16.5. The first-order valence-corrected chi connectivity index (χ1v) is 10.5. The number of aromatic nitrogens is 2. The SMILES string of the molecule is COc1cc(-n2ccc(N(C3CCN(C)CC3)C(O)c3cccs3)n2)ccc1F. The summed E-state index contributed by atoms with van der Waals surface area (Å²) in [5.74, 6) is 0.457. The average Bonchev–Trinajstić information content (AvgIpc) is 3.42. The van der Waals surface area contributed by atoms with Crippen molar-refractivity contribution in [2.24, 2.45) is 0 Å². The second kappa shape index (κ2) is 8.52. The Morgan fingerprint density at radius 1 is 1.28 bits per heavy atom. The summed E-state index contributed by atoms with van der Waals surface area (Å²) < 4.78 is 20.5. The first-order valence-electron chi connectivity index (χ1n) is 9.65. The van der Waals surface area contributed by atoms with Crippen molar-refractivity contribution in [2.75, 3.05) is 32.1 Å². The van der Waals surface area contributed by atoms with E-state index >= 15 is 0 Å². The highest BCUT2D eigenvalue weighted by molar-refractivity contribution is 7.10. The number of halogens is 1. The average molecular weight is 417 g/mol. The van der Waals surface area contributed by atoms with Gasteiger partial charge in [-0.1, -0.05) is 6.07 Å². The van der Waals surface area contributed by atoms with Crippen molar-refractivity contribution in [1.82, 2.24) is 14.7 Å². The molecule has 0 spiro atoms. The van der Waals surface area contributed by atoms with Crippen molar-refractivity contribution in [3.05, 3.63) is 58.7 Å².